The molecule has 1 fully saturated rings. The Morgan fingerprint density at radius 2 is 1.95 bits per heavy atom. The number of hydrogen-bond acceptors (Lipinski definition) is 5. The van der Waals surface area contributed by atoms with Crippen LogP contribution in [0.3, 0.4) is 0 Å². The maximum absolute atomic E-state index is 12.9. The SMILES string of the molecule is [2H]C([2H])([2H])N(C(=O)c1ccc(C2CCN(Cc3cc4c(-n5ccc(NC)cc5=O)ccnc4n3C)CC2)c(C)c1)C([2H])([2H])[2H]. The zero-order valence-corrected chi connectivity index (χ0v) is 21.9. The Morgan fingerprint density at radius 3 is 2.63 bits per heavy atom. The molecule has 1 saturated heterocycles. The molecule has 1 aliphatic rings. The van der Waals surface area contributed by atoms with Crippen molar-refractivity contribution in [2.75, 3.05) is 39.4 Å². The number of pyridine rings is 2. The van der Waals surface area contributed by atoms with Gasteiger partial charge in [-0.1, -0.05) is 6.07 Å². The van der Waals surface area contributed by atoms with Gasteiger partial charge >= 0.3 is 0 Å². The van der Waals surface area contributed by atoms with E-state index < -0.39 is 19.9 Å². The molecule has 1 amide bonds. The number of benzene rings is 1. The molecule has 0 aliphatic carbocycles. The van der Waals surface area contributed by atoms with E-state index in [-0.39, 0.29) is 21.9 Å². The van der Waals surface area contributed by atoms with E-state index >= 15 is 0 Å². The normalized spacial score (nSPS) is 17.7. The summed E-state index contributed by atoms with van der Waals surface area (Å²) >= 11 is 0. The second-order valence-corrected chi connectivity index (χ2v) is 9.90. The summed E-state index contributed by atoms with van der Waals surface area (Å²) in [7, 11) is 3.76. The summed E-state index contributed by atoms with van der Waals surface area (Å²) in [6.07, 6.45) is 5.27. The van der Waals surface area contributed by atoms with Gasteiger partial charge in [-0.25, -0.2) is 4.98 Å². The molecule has 38 heavy (non-hydrogen) atoms. The predicted octanol–water partition coefficient (Wildman–Crippen LogP) is 4.16. The van der Waals surface area contributed by atoms with Crippen molar-refractivity contribution in [2.45, 2.75) is 32.2 Å². The second-order valence-electron chi connectivity index (χ2n) is 9.90. The lowest BCUT2D eigenvalue weighted by atomic mass is 9.86. The lowest BCUT2D eigenvalue weighted by Gasteiger charge is -2.33. The molecule has 1 N–H and O–H groups in total. The van der Waals surface area contributed by atoms with Crippen LogP contribution in [0.1, 0.15) is 54.2 Å². The molecule has 0 unspecified atom stereocenters. The molecule has 0 spiro atoms. The molecule has 1 aromatic carbocycles. The molecule has 0 bridgehead atoms. The Kier molecular flexibility index (Phi) is 5.28. The van der Waals surface area contributed by atoms with Gasteiger partial charge in [-0.15, -0.1) is 0 Å². The lowest BCUT2D eigenvalue weighted by molar-refractivity contribution is 0.0827. The summed E-state index contributed by atoms with van der Waals surface area (Å²) < 4.78 is 49.0. The summed E-state index contributed by atoms with van der Waals surface area (Å²) in [5.74, 6) is -0.785. The third kappa shape index (κ3) is 4.84. The molecule has 0 radical (unpaired) electrons. The van der Waals surface area contributed by atoms with Gasteiger partial charge < -0.3 is 14.8 Å². The highest BCUT2D eigenvalue weighted by Crippen LogP contribution is 2.32. The van der Waals surface area contributed by atoms with Gasteiger partial charge in [0, 0.05) is 83.6 Å². The number of aryl methyl sites for hydroxylation is 2. The van der Waals surface area contributed by atoms with Crippen LogP contribution in [-0.2, 0) is 13.6 Å². The van der Waals surface area contributed by atoms with Crippen LogP contribution in [0.15, 0.2) is 59.7 Å². The molecule has 0 atom stereocenters. The number of carbonyl (C=O) groups excluding carboxylic acids is 1. The minimum absolute atomic E-state index is 0.00374. The summed E-state index contributed by atoms with van der Waals surface area (Å²) in [4.78, 5) is 32.7. The fourth-order valence-corrected chi connectivity index (χ4v) is 5.48. The number of nitrogens with zero attached hydrogens (tertiary/aromatic N) is 5. The largest absolute Gasteiger partial charge is 0.388 e. The highest BCUT2D eigenvalue weighted by Gasteiger charge is 2.24. The van der Waals surface area contributed by atoms with Crippen LogP contribution < -0.4 is 10.9 Å². The van der Waals surface area contributed by atoms with E-state index in [2.05, 4.69) is 25.8 Å². The van der Waals surface area contributed by atoms with Gasteiger partial charge in [0.1, 0.15) is 5.65 Å². The number of rotatable bonds is 6. The Hall–Kier alpha value is -3.91. The minimum Gasteiger partial charge on any atom is -0.388 e. The minimum atomic E-state index is -3.08. The maximum atomic E-state index is 12.9. The molecule has 198 valence electrons. The monoisotopic (exact) mass is 518 g/mol. The van der Waals surface area contributed by atoms with Gasteiger partial charge in [-0.05, 0) is 80.2 Å². The molecule has 5 rings (SSSR count). The molecule has 0 saturated carbocycles. The van der Waals surface area contributed by atoms with E-state index in [1.165, 1.54) is 6.07 Å². The molecular formula is C30H36N6O2. The molecule has 1 aliphatic heterocycles. The van der Waals surface area contributed by atoms with Crippen molar-refractivity contribution in [3.05, 3.63) is 87.6 Å². The number of anilines is 1. The van der Waals surface area contributed by atoms with Crippen molar-refractivity contribution in [3.63, 3.8) is 0 Å². The first-order valence-electron chi connectivity index (χ1n) is 15.7. The van der Waals surface area contributed by atoms with Crippen molar-refractivity contribution in [1.82, 2.24) is 23.9 Å². The Labute approximate surface area is 231 Å². The molecule has 4 heterocycles. The number of aromatic nitrogens is 3. The van der Waals surface area contributed by atoms with Crippen LogP contribution in [0.4, 0.5) is 5.69 Å². The number of nitrogens with one attached hydrogen (secondary N) is 1. The van der Waals surface area contributed by atoms with Crippen LogP contribution in [-0.4, -0.2) is 63.9 Å². The van der Waals surface area contributed by atoms with E-state index in [1.807, 2.05) is 32.2 Å². The maximum Gasteiger partial charge on any atom is 0.257 e. The summed E-state index contributed by atoms with van der Waals surface area (Å²) in [6.45, 7) is -1.88. The van der Waals surface area contributed by atoms with Crippen LogP contribution in [0.5, 0.6) is 0 Å². The third-order valence-electron chi connectivity index (χ3n) is 7.61. The second kappa shape index (κ2) is 10.5. The summed E-state index contributed by atoms with van der Waals surface area (Å²) in [5, 5.41) is 3.89. The van der Waals surface area contributed by atoms with Crippen molar-refractivity contribution < 1.29 is 13.0 Å². The number of amides is 1. The number of fused-ring (bicyclic) bond motifs is 1. The zero-order valence-electron chi connectivity index (χ0n) is 27.9. The van der Waals surface area contributed by atoms with E-state index in [9.17, 15) is 9.59 Å². The molecule has 8 heteroatoms. The fraction of sp³-hybridized carbons (Fsp3) is 0.367. The van der Waals surface area contributed by atoms with Gasteiger partial charge in [0.25, 0.3) is 11.5 Å². The van der Waals surface area contributed by atoms with Crippen LogP contribution in [0, 0.1) is 6.92 Å². The molecule has 3 aromatic heterocycles. The van der Waals surface area contributed by atoms with Gasteiger partial charge in [-0.2, -0.15) is 0 Å². The van der Waals surface area contributed by atoms with E-state index in [0.717, 1.165) is 71.7 Å². The van der Waals surface area contributed by atoms with Crippen molar-refractivity contribution in [1.29, 1.82) is 0 Å². The van der Waals surface area contributed by atoms with Gasteiger partial charge in [-0.3, -0.25) is 19.1 Å². The smallest absolute Gasteiger partial charge is 0.257 e. The first kappa shape index (κ1) is 19.2. The zero-order chi connectivity index (χ0) is 32.0. The molecule has 4 aromatic rings. The van der Waals surface area contributed by atoms with E-state index in [1.54, 1.807) is 36.1 Å². The van der Waals surface area contributed by atoms with Gasteiger partial charge in [0.15, 0.2) is 0 Å². The van der Waals surface area contributed by atoms with E-state index in [0.29, 0.717) is 0 Å². The topological polar surface area (TPSA) is 75.4 Å². The number of likely N-dealkylation sites (tertiary alicyclic amines) is 1. The van der Waals surface area contributed by atoms with Crippen LogP contribution in [0.2, 0.25) is 0 Å². The fourth-order valence-electron chi connectivity index (χ4n) is 5.48. The average Bonchev–Trinajstić information content (AvgIpc) is 3.27. The number of piperidine rings is 1. The van der Waals surface area contributed by atoms with Crippen molar-refractivity contribution >= 4 is 22.6 Å². The quantitative estimate of drug-likeness (QED) is 0.415. The highest BCUT2D eigenvalue weighted by atomic mass is 16.2. The Balaban J connectivity index is 1.29. The van der Waals surface area contributed by atoms with Crippen molar-refractivity contribution in [3.8, 4) is 5.69 Å². The number of hydrogen-bond donors (Lipinski definition) is 1. The molecule has 8 nitrogen and oxygen atoms in total. The predicted molar refractivity (Wildman–Crippen MR) is 152 cm³/mol. The van der Waals surface area contributed by atoms with Crippen LogP contribution in [0.25, 0.3) is 16.7 Å². The first-order valence-corrected chi connectivity index (χ1v) is 12.7. The van der Waals surface area contributed by atoms with Gasteiger partial charge in [0.05, 0.1) is 5.69 Å². The average molecular weight is 519 g/mol. The number of carbonyl (C=O) groups is 1. The highest BCUT2D eigenvalue weighted by molar-refractivity contribution is 5.94. The lowest BCUT2D eigenvalue weighted by Crippen LogP contribution is -2.33. The summed E-state index contributed by atoms with van der Waals surface area (Å²) in [5.41, 5.74) is 5.24. The van der Waals surface area contributed by atoms with Crippen LogP contribution >= 0.6 is 0 Å². The third-order valence-corrected chi connectivity index (χ3v) is 7.61. The molecular weight excluding hydrogens is 476 g/mol. The van der Waals surface area contributed by atoms with Gasteiger partial charge in [0.2, 0.25) is 0 Å². The van der Waals surface area contributed by atoms with E-state index in [4.69, 9.17) is 8.22 Å². The Bertz CT molecular complexity index is 1740. The van der Waals surface area contributed by atoms with Crippen molar-refractivity contribution in [2.24, 2.45) is 7.05 Å². The Morgan fingerprint density at radius 1 is 1.16 bits per heavy atom. The first-order chi connectivity index (χ1) is 20.7. The summed E-state index contributed by atoms with van der Waals surface area (Å²) in [6, 6.07) is 12.3. The standard InChI is InChI=1S/C30H36N6O2/c1-20-16-22(30(38)33(3)4)6-7-25(20)21-9-13-35(14-10-21)19-24-18-26-27(8-12-32-29(26)34(24)5)36-15-11-23(31-2)17-28(36)37/h6-8,11-12,15-18,21,31H,9-10,13-14,19H2,1-5H3/i3D3,4D3.